The van der Waals surface area contributed by atoms with E-state index in [4.69, 9.17) is 5.73 Å². The van der Waals surface area contributed by atoms with Gasteiger partial charge >= 0.3 is 0 Å². The van der Waals surface area contributed by atoms with E-state index in [1.807, 2.05) is 0 Å². The first-order valence-electron chi connectivity index (χ1n) is 4.32. The zero-order chi connectivity index (χ0) is 9.19. The van der Waals surface area contributed by atoms with Gasteiger partial charge in [-0.2, -0.15) is 0 Å². The Morgan fingerprint density at radius 1 is 1.31 bits per heavy atom. The van der Waals surface area contributed by atoms with Crippen LogP contribution in [0.5, 0.6) is 0 Å². The summed E-state index contributed by atoms with van der Waals surface area (Å²) in [4.78, 5) is 0. The molecular formula is C11H18ClN. The average Bonchev–Trinajstić information content (AvgIpc) is 1.82. The van der Waals surface area contributed by atoms with Gasteiger partial charge in [-0.3, -0.25) is 0 Å². The summed E-state index contributed by atoms with van der Waals surface area (Å²) in [6, 6.07) is 8.50. The Morgan fingerprint density at radius 3 is 2.38 bits per heavy atom. The molecule has 1 aromatic rings. The Labute approximate surface area is 86.7 Å². The van der Waals surface area contributed by atoms with E-state index in [0.717, 1.165) is 6.42 Å². The van der Waals surface area contributed by atoms with Gasteiger partial charge in [-0.15, -0.1) is 12.4 Å². The molecule has 0 saturated carbocycles. The van der Waals surface area contributed by atoms with Crippen LogP contribution in [0.15, 0.2) is 24.3 Å². The average molecular weight is 200 g/mol. The lowest BCUT2D eigenvalue weighted by molar-refractivity contribution is 0.516. The van der Waals surface area contributed by atoms with E-state index in [1.54, 1.807) is 0 Å². The third kappa shape index (κ3) is 4.91. The van der Waals surface area contributed by atoms with Gasteiger partial charge < -0.3 is 5.73 Å². The Morgan fingerprint density at radius 2 is 1.92 bits per heavy atom. The van der Waals surface area contributed by atoms with Gasteiger partial charge in [0.05, 0.1) is 0 Å². The van der Waals surface area contributed by atoms with E-state index in [9.17, 15) is 0 Å². The van der Waals surface area contributed by atoms with Gasteiger partial charge in [-0.05, 0) is 32.8 Å². The second kappa shape index (κ2) is 4.64. The molecule has 0 heterocycles. The van der Waals surface area contributed by atoms with Gasteiger partial charge in [0.15, 0.2) is 0 Å². The SMILES string of the molecule is Cc1cccc(CC(C)(C)N)c1.Cl. The fourth-order valence-corrected chi connectivity index (χ4v) is 1.35. The molecule has 0 bridgehead atoms. The first kappa shape index (κ1) is 12.5. The van der Waals surface area contributed by atoms with Crippen molar-refractivity contribution in [2.24, 2.45) is 5.73 Å². The Bertz CT molecular complexity index is 263. The standard InChI is InChI=1S/C11H17N.ClH/c1-9-5-4-6-10(7-9)8-11(2,3)12;/h4-7H,8,12H2,1-3H3;1H. The summed E-state index contributed by atoms with van der Waals surface area (Å²) in [7, 11) is 0. The van der Waals surface area contributed by atoms with Crippen LogP contribution >= 0.6 is 12.4 Å². The number of halogens is 1. The lowest BCUT2D eigenvalue weighted by Gasteiger charge is -2.18. The molecule has 0 aromatic heterocycles. The number of benzene rings is 1. The molecule has 0 aliphatic carbocycles. The molecular weight excluding hydrogens is 182 g/mol. The molecule has 0 amide bonds. The molecule has 0 fully saturated rings. The molecule has 2 N–H and O–H groups in total. The Balaban J connectivity index is 0.00000144. The summed E-state index contributed by atoms with van der Waals surface area (Å²) in [6.07, 6.45) is 0.939. The zero-order valence-corrected chi connectivity index (χ0v) is 9.32. The van der Waals surface area contributed by atoms with Gasteiger partial charge in [0, 0.05) is 5.54 Å². The van der Waals surface area contributed by atoms with Gasteiger partial charge in [-0.1, -0.05) is 29.8 Å². The van der Waals surface area contributed by atoms with Crippen molar-refractivity contribution in [1.82, 2.24) is 0 Å². The summed E-state index contributed by atoms with van der Waals surface area (Å²) in [5, 5.41) is 0. The van der Waals surface area contributed by atoms with Crippen LogP contribution in [0.1, 0.15) is 25.0 Å². The predicted octanol–water partition coefficient (Wildman–Crippen LogP) is 2.70. The minimum absolute atomic E-state index is 0. The molecule has 1 aromatic carbocycles. The van der Waals surface area contributed by atoms with Crippen LogP contribution in [0.3, 0.4) is 0 Å². The van der Waals surface area contributed by atoms with Crippen molar-refractivity contribution in [2.45, 2.75) is 32.7 Å². The summed E-state index contributed by atoms with van der Waals surface area (Å²) >= 11 is 0. The first-order valence-corrected chi connectivity index (χ1v) is 4.32. The maximum absolute atomic E-state index is 5.92. The Hall–Kier alpha value is -0.530. The van der Waals surface area contributed by atoms with Crippen molar-refractivity contribution < 1.29 is 0 Å². The van der Waals surface area contributed by atoms with E-state index in [2.05, 4.69) is 45.0 Å². The second-order valence-electron chi connectivity index (χ2n) is 4.15. The molecule has 74 valence electrons. The summed E-state index contributed by atoms with van der Waals surface area (Å²) < 4.78 is 0. The minimum atomic E-state index is -0.103. The highest BCUT2D eigenvalue weighted by molar-refractivity contribution is 5.85. The molecule has 0 spiro atoms. The van der Waals surface area contributed by atoms with E-state index in [-0.39, 0.29) is 17.9 Å². The highest BCUT2D eigenvalue weighted by Crippen LogP contribution is 2.11. The van der Waals surface area contributed by atoms with E-state index < -0.39 is 0 Å². The zero-order valence-electron chi connectivity index (χ0n) is 8.50. The third-order valence-corrected chi connectivity index (χ3v) is 1.74. The van der Waals surface area contributed by atoms with Crippen LogP contribution in [0.25, 0.3) is 0 Å². The number of aryl methyl sites for hydroxylation is 1. The summed E-state index contributed by atoms with van der Waals surface area (Å²) in [6.45, 7) is 6.21. The van der Waals surface area contributed by atoms with Crippen LogP contribution < -0.4 is 5.73 Å². The molecule has 0 aliphatic rings. The fourth-order valence-electron chi connectivity index (χ4n) is 1.35. The fraction of sp³-hybridized carbons (Fsp3) is 0.455. The van der Waals surface area contributed by atoms with E-state index in [1.165, 1.54) is 11.1 Å². The smallest absolute Gasteiger partial charge is 0.0138 e. The molecule has 0 radical (unpaired) electrons. The number of rotatable bonds is 2. The Kier molecular flexibility index (Phi) is 4.45. The number of hydrogen-bond acceptors (Lipinski definition) is 1. The normalized spacial score (nSPS) is 10.8. The van der Waals surface area contributed by atoms with Crippen molar-refractivity contribution in [1.29, 1.82) is 0 Å². The van der Waals surface area contributed by atoms with Gasteiger partial charge in [-0.25, -0.2) is 0 Å². The van der Waals surface area contributed by atoms with Crippen molar-refractivity contribution in [3.8, 4) is 0 Å². The topological polar surface area (TPSA) is 26.0 Å². The van der Waals surface area contributed by atoms with Crippen molar-refractivity contribution in [2.75, 3.05) is 0 Å². The predicted molar refractivity (Wildman–Crippen MR) is 60.4 cm³/mol. The molecule has 0 saturated heterocycles. The highest BCUT2D eigenvalue weighted by Gasteiger charge is 2.10. The molecule has 0 aliphatic heterocycles. The molecule has 0 atom stereocenters. The number of hydrogen-bond donors (Lipinski definition) is 1. The van der Waals surface area contributed by atoms with Crippen molar-refractivity contribution >= 4 is 12.4 Å². The second-order valence-corrected chi connectivity index (χ2v) is 4.15. The van der Waals surface area contributed by atoms with Gasteiger partial charge in [0.25, 0.3) is 0 Å². The van der Waals surface area contributed by atoms with Gasteiger partial charge in [0.1, 0.15) is 0 Å². The third-order valence-electron chi connectivity index (χ3n) is 1.74. The van der Waals surface area contributed by atoms with Crippen LogP contribution in [0.4, 0.5) is 0 Å². The quantitative estimate of drug-likeness (QED) is 0.779. The number of nitrogens with two attached hydrogens (primary N) is 1. The molecule has 1 rings (SSSR count). The molecule has 2 heteroatoms. The first-order chi connectivity index (χ1) is 5.47. The van der Waals surface area contributed by atoms with E-state index in [0.29, 0.717) is 0 Å². The van der Waals surface area contributed by atoms with E-state index >= 15 is 0 Å². The largest absolute Gasteiger partial charge is 0.325 e. The van der Waals surface area contributed by atoms with Crippen molar-refractivity contribution in [3.63, 3.8) is 0 Å². The maximum atomic E-state index is 5.92. The molecule has 1 nitrogen and oxygen atoms in total. The van der Waals surface area contributed by atoms with Crippen LogP contribution in [-0.4, -0.2) is 5.54 Å². The van der Waals surface area contributed by atoms with Crippen LogP contribution in [0.2, 0.25) is 0 Å². The lowest BCUT2D eigenvalue weighted by Crippen LogP contribution is -2.34. The van der Waals surface area contributed by atoms with Gasteiger partial charge in [0.2, 0.25) is 0 Å². The molecule has 0 unspecified atom stereocenters. The lowest BCUT2D eigenvalue weighted by atomic mass is 9.95. The molecule has 13 heavy (non-hydrogen) atoms. The minimum Gasteiger partial charge on any atom is -0.325 e. The maximum Gasteiger partial charge on any atom is 0.0138 e. The van der Waals surface area contributed by atoms with Crippen LogP contribution in [0, 0.1) is 6.92 Å². The van der Waals surface area contributed by atoms with Crippen molar-refractivity contribution in [3.05, 3.63) is 35.4 Å². The highest BCUT2D eigenvalue weighted by atomic mass is 35.5. The summed E-state index contributed by atoms with van der Waals surface area (Å²) in [5.74, 6) is 0. The monoisotopic (exact) mass is 199 g/mol. The van der Waals surface area contributed by atoms with Crippen LogP contribution in [-0.2, 0) is 6.42 Å². The summed E-state index contributed by atoms with van der Waals surface area (Å²) in [5.41, 5.74) is 8.44.